The van der Waals surface area contributed by atoms with E-state index in [1.807, 2.05) is 0 Å². The van der Waals surface area contributed by atoms with Crippen molar-refractivity contribution in [3.8, 4) is 0 Å². The summed E-state index contributed by atoms with van der Waals surface area (Å²) in [4.78, 5) is 0. The lowest BCUT2D eigenvalue weighted by Crippen LogP contribution is -2.34. The summed E-state index contributed by atoms with van der Waals surface area (Å²) >= 11 is 0. The van der Waals surface area contributed by atoms with Crippen molar-refractivity contribution in [2.75, 3.05) is 13.1 Å². The molecule has 0 saturated heterocycles. The van der Waals surface area contributed by atoms with E-state index in [9.17, 15) is 0 Å². The van der Waals surface area contributed by atoms with Crippen LogP contribution < -0.4 is 5.32 Å². The first kappa shape index (κ1) is 14.4. The fourth-order valence-electron chi connectivity index (χ4n) is 4.31. The van der Waals surface area contributed by atoms with Crippen LogP contribution >= 0.6 is 0 Å². The van der Waals surface area contributed by atoms with Crippen LogP contribution in [0.3, 0.4) is 0 Å². The number of hydrogen-bond acceptors (Lipinski definition) is 1. The monoisotopic (exact) mass is 251 g/mol. The van der Waals surface area contributed by atoms with Gasteiger partial charge in [0.15, 0.2) is 0 Å². The van der Waals surface area contributed by atoms with Gasteiger partial charge in [-0.05, 0) is 50.1 Å². The summed E-state index contributed by atoms with van der Waals surface area (Å²) in [7, 11) is 0. The predicted molar refractivity (Wildman–Crippen MR) is 79.8 cm³/mol. The van der Waals surface area contributed by atoms with Gasteiger partial charge in [0.2, 0.25) is 0 Å². The van der Waals surface area contributed by atoms with Crippen LogP contribution in [0.15, 0.2) is 0 Å². The van der Waals surface area contributed by atoms with Gasteiger partial charge in [0, 0.05) is 0 Å². The summed E-state index contributed by atoms with van der Waals surface area (Å²) in [6, 6.07) is 0. The third kappa shape index (κ3) is 4.26. The molecule has 106 valence electrons. The molecule has 1 nitrogen and oxygen atoms in total. The molecule has 0 bridgehead atoms. The standard InChI is InChI=1S/C17H33N/c1-2-13-18-14-16-11-7-8-12-17(16)15-9-5-3-4-6-10-15/h15-18H,2-14H2,1H3. The van der Waals surface area contributed by atoms with Gasteiger partial charge in [-0.1, -0.05) is 58.3 Å². The molecule has 0 heterocycles. The van der Waals surface area contributed by atoms with Gasteiger partial charge in [-0.25, -0.2) is 0 Å². The lowest BCUT2D eigenvalue weighted by Gasteiger charge is -2.37. The Labute approximate surface area is 114 Å². The molecule has 1 heteroatoms. The first-order valence-corrected chi connectivity index (χ1v) is 8.62. The Balaban J connectivity index is 1.85. The van der Waals surface area contributed by atoms with Crippen LogP contribution in [0.25, 0.3) is 0 Å². The zero-order valence-corrected chi connectivity index (χ0v) is 12.4. The van der Waals surface area contributed by atoms with Gasteiger partial charge >= 0.3 is 0 Å². The van der Waals surface area contributed by atoms with Crippen molar-refractivity contribution in [2.45, 2.75) is 77.6 Å². The summed E-state index contributed by atoms with van der Waals surface area (Å²) < 4.78 is 0. The maximum atomic E-state index is 3.69. The van der Waals surface area contributed by atoms with Crippen molar-refractivity contribution < 1.29 is 0 Å². The summed E-state index contributed by atoms with van der Waals surface area (Å²) in [5, 5.41) is 3.69. The van der Waals surface area contributed by atoms with Crippen molar-refractivity contribution in [1.29, 1.82) is 0 Å². The van der Waals surface area contributed by atoms with Gasteiger partial charge < -0.3 is 5.32 Å². The van der Waals surface area contributed by atoms with Crippen LogP contribution in [0, 0.1) is 17.8 Å². The van der Waals surface area contributed by atoms with E-state index in [1.165, 1.54) is 83.7 Å². The fourth-order valence-corrected chi connectivity index (χ4v) is 4.31. The summed E-state index contributed by atoms with van der Waals surface area (Å²) in [6.45, 7) is 4.79. The lowest BCUT2D eigenvalue weighted by molar-refractivity contribution is 0.144. The summed E-state index contributed by atoms with van der Waals surface area (Å²) in [6.07, 6.45) is 16.4. The molecule has 0 radical (unpaired) electrons. The van der Waals surface area contributed by atoms with Crippen molar-refractivity contribution in [2.24, 2.45) is 17.8 Å². The van der Waals surface area contributed by atoms with Crippen molar-refractivity contribution in [3.63, 3.8) is 0 Å². The molecule has 2 aliphatic rings. The predicted octanol–water partition coefficient (Wildman–Crippen LogP) is 4.76. The summed E-state index contributed by atoms with van der Waals surface area (Å²) in [5.41, 5.74) is 0. The third-order valence-corrected chi connectivity index (χ3v) is 5.31. The highest BCUT2D eigenvalue weighted by Crippen LogP contribution is 2.40. The Bertz CT molecular complexity index is 206. The molecule has 0 spiro atoms. The lowest BCUT2D eigenvalue weighted by atomic mass is 9.70. The van der Waals surface area contributed by atoms with Crippen LogP contribution in [-0.4, -0.2) is 13.1 Å². The quantitative estimate of drug-likeness (QED) is 0.548. The van der Waals surface area contributed by atoms with Gasteiger partial charge in [0.25, 0.3) is 0 Å². The molecular weight excluding hydrogens is 218 g/mol. The molecule has 2 aliphatic carbocycles. The second-order valence-electron chi connectivity index (χ2n) is 6.66. The molecule has 2 unspecified atom stereocenters. The van der Waals surface area contributed by atoms with E-state index in [0.717, 1.165) is 17.8 Å². The van der Waals surface area contributed by atoms with Crippen LogP contribution in [0.1, 0.15) is 77.6 Å². The Morgan fingerprint density at radius 3 is 2.22 bits per heavy atom. The topological polar surface area (TPSA) is 12.0 Å². The molecule has 2 rings (SSSR count). The highest BCUT2D eigenvalue weighted by Gasteiger charge is 2.31. The average Bonchev–Trinajstić information content (AvgIpc) is 2.68. The van der Waals surface area contributed by atoms with Crippen LogP contribution in [-0.2, 0) is 0 Å². The van der Waals surface area contributed by atoms with E-state index in [4.69, 9.17) is 0 Å². The SMILES string of the molecule is CCCNCC1CCCCC1C1CCCCCC1. The van der Waals surface area contributed by atoms with E-state index in [1.54, 1.807) is 0 Å². The van der Waals surface area contributed by atoms with E-state index >= 15 is 0 Å². The van der Waals surface area contributed by atoms with Gasteiger partial charge in [-0.15, -0.1) is 0 Å². The van der Waals surface area contributed by atoms with Crippen LogP contribution in [0.4, 0.5) is 0 Å². The second kappa shape index (κ2) is 8.19. The number of rotatable bonds is 5. The van der Waals surface area contributed by atoms with E-state index in [-0.39, 0.29) is 0 Å². The molecule has 0 aromatic carbocycles. The minimum atomic E-state index is 0.994. The highest BCUT2D eigenvalue weighted by molar-refractivity contribution is 4.83. The maximum Gasteiger partial charge on any atom is -0.00178 e. The minimum absolute atomic E-state index is 0.994. The Morgan fingerprint density at radius 2 is 1.50 bits per heavy atom. The van der Waals surface area contributed by atoms with E-state index < -0.39 is 0 Å². The second-order valence-corrected chi connectivity index (χ2v) is 6.66. The van der Waals surface area contributed by atoms with Crippen LogP contribution in [0.5, 0.6) is 0 Å². The molecule has 2 atom stereocenters. The number of nitrogens with one attached hydrogen (secondary N) is 1. The smallest absolute Gasteiger partial charge is 0.00178 e. The Hall–Kier alpha value is -0.0400. The largest absolute Gasteiger partial charge is 0.316 e. The van der Waals surface area contributed by atoms with Crippen molar-refractivity contribution in [1.82, 2.24) is 5.32 Å². The fraction of sp³-hybridized carbons (Fsp3) is 1.00. The maximum absolute atomic E-state index is 3.69. The van der Waals surface area contributed by atoms with Gasteiger partial charge in [0.05, 0.1) is 0 Å². The van der Waals surface area contributed by atoms with Crippen molar-refractivity contribution in [3.05, 3.63) is 0 Å². The zero-order valence-electron chi connectivity index (χ0n) is 12.4. The molecule has 0 aliphatic heterocycles. The first-order valence-electron chi connectivity index (χ1n) is 8.62. The highest BCUT2D eigenvalue weighted by atomic mass is 14.9. The number of hydrogen-bond donors (Lipinski definition) is 1. The van der Waals surface area contributed by atoms with E-state index in [0.29, 0.717) is 0 Å². The van der Waals surface area contributed by atoms with Crippen LogP contribution in [0.2, 0.25) is 0 Å². The molecule has 0 aromatic heterocycles. The Kier molecular flexibility index (Phi) is 6.54. The summed E-state index contributed by atoms with van der Waals surface area (Å²) in [5.74, 6) is 3.12. The molecule has 18 heavy (non-hydrogen) atoms. The normalized spacial score (nSPS) is 31.2. The van der Waals surface area contributed by atoms with Gasteiger partial charge in [-0.2, -0.15) is 0 Å². The molecule has 0 amide bonds. The first-order chi connectivity index (χ1) is 8.92. The zero-order chi connectivity index (χ0) is 12.6. The average molecular weight is 251 g/mol. The van der Waals surface area contributed by atoms with Crippen molar-refractivity contribution >= 4 is 0 Å². The Morgan fingerprint density at radius 1 is 0.833 bits per heavy atom. The van der Waals surface area contributed by atoms with Gasteiger partial charge in [-0.3, -0.25) is 0 Å². The molecule has 2 saturated carbocycles. The van der Waals surface area contributed by atoms with Gasteiger partial charge in [0.1, 0.15) is 0 Å². The molecule has 1 N–H and O–H groups in total. The minimum Gasteiger partial charge on any atom is -0.316 e. The molecule has 0 aromatic rings. The molecule has 2 fully saturated rings. The molecular formula is C17H33N. The third-order valence-electron chi connectivity index (χ3n) is 5.31. The van der Waals surface area contributed by atoms with E-state index in [2.05, 4.69) is 12.2 Å².